The van der Waals surface area contributed by atoms with Gasteiger partial charge in [-0.2, -0.15) is 10.1 Å². The molecular formula is C23H28N6. The van der Waals surface area contributed by atoms with Crippen molar-refractivity contribution in [3.05, 3.63) is 66.4 Å². The van der Waals surface area contributed by atoms with Gasteiger partial charge in [-0.05, 0) is 35.2 Å². The molecule has 0 bridgehead atoms. The van der Waals surface area contributed by atoms with Crippen LogP contribution < -0.4 is 15.1 Å². The smallest absolute Gasteiger partial charge is 0.249 e. The van der Waals surface area contributed by atoms with Crippen LogP contribution in [0.2, 0.25) is 0 Å². The minimum absolute atomic E-state index is 0.137. The van der Waals surface area contributed by atoms with Crippen molar-refractivity contribution in [2.45, 2.75) is 26.2 Å². The predicted octanol–water partition coefficient (Wildman–Crippen LogP) is 4.24. The summed E-state index contributed by atoms with van der Waals surface area (Å²) in [5.74, 6) is 1.39. The Morgan fingerprint density at radius 1 is 0.828 bits per heavy atom. The summed E-state index contributed by atoms with van der Waals surface area (Å²) in [6.07, 6.45) is 1.74. The molecule has 150 valence electrons. The van der Waals surface area contributed by atoms with Crippen LogP contribution in [0.3, 0.4) is 0 Å². The highest BCUT2D eigenvalue weighted by Crippen LogP contribution is 2.25. The number of hydrogen-bond acceptors (Lipinski definition) is 6. The van der Waals surface area contributed by atoms with Crippen molar-refractivity contribution >= 4 is 23.1 Å². The lowest BCUT2D eigenvalue weighted by Gasteiger charge is -2.36. The fourth-order valence-corrected chi connectivity index (χ4v) is 3.52. The summed E-state index contributed by atoms with van der Waals surface area (Å²) in [5, 5.41) is 11.6. The maximum atomic E-state index is 4.68. The quantitative estimate of drug-likeness (QED) is 0.721. The normalized spacial score (nSPS) is 14.7. The van der Waals surface area contributed by atoms with Crippen molar-refractivity contribution in [3.8, 4) is 0 Å². The Labute approximate surface area is 172 Å². The molecule has 6 nitrogen and oxygen atoms in total. The zero-order valence-corrected chi connectivity index (χ0v) is 17.3. The van der Waals surface area contributed by atoms with Crippen molar-refractivity contribution in [2.75, 3.05) is 41.3 Å². The van der Waals surface area contributed by atoms with E-state index in [1.165, 1.54) is 11.3 Å². The molecule has 0 spiro atoms. The van der Waals surface area contributed by atoms with Crippen molar-refractivity contribution in [1.82, 2.24) is 15.2 Å². The number of benzene rings is 2. The third-order valence-corrected chi connectivity index (χ3v) is 5.28. The summed E-state index contributed by atoms with van der Waals surface area (Å²) in [6, 6.07) is 19.0. The fraction of sp³-hybridized carbons (Fsp3) is 0.348. The van der Waals surface area contributed by atoms with Gasteiger partial charge in [-0.25, -0.2) is 0 Å². The number of hydrogen-bond donors (Lipinski definition) is 1. The summed E-state index contributed by atoms with van der Waals surface area (Å²) < 4.78 is 0. The SMILES string of the molecule is CC(C)(C)c1ccc(Nc2nncc(N3CCN(c4ccccc4)CC3)n2)cc1. The second kappa shape index (κ2) is 8.07. The van der Waals surface area contributed by atoms with Gasteiger partial charge in [0.05, 0.1) is 6.20 Å². The van der Waals surface area contributed by atoms with Gasteiger partial charge in [0, 0.05) is 37.6 Å². The van der Waals surface area contributed by atoms with Gasteiger partial charge in [-0.15, -0.1) is 5.10 Å². The van der Waals surface area contributed by atoms with E-state index in [0.717, 1.165) is 37.7 Å². The third kappa shape index (κ3) is 4.65. The lowest BCUT2D eigenvalue weighted by molar-refractivity contribution is 0.590. The second-order valence-electron chi connectivity index (χ2n) is 8.40. The van der Waals surface area contributed by atoms with E-state index in [1.54, 1.807) is 6.20 Å². The van der Waals surface area contributed by atoms with E-state index in [9.17, 15) is 0 Å². The van der Waals surface area contributed by atoms with Crippen LogP contribution in [0.5, 0.6) is 0 Å². The Balaban J connectivity index is 1.40. The summed E-state index contributed by atoms with van der Waals surface area (Å²) in [4.78, 5) is 9.35. The van der Waals surface area contributed by atoms with Gasteiger partial charge in [-0.1, -0.05) is 51.1 Å². The first-order valence-corrected chi connectivity index (χ1v) is 10.1. The zero-order chi connectivity index (χ0) is 20.3. The predicted molar refractivity (Wildman–Crippen MR) is 119 cm³/mol. The van der Waals surface area contributed by atoms with Crippen molar-refractivity contribution in [2.24, 2.45) is 0 Å². The lowest BCUT2D eigenvalue weighted by atomic mass is 9.87. The molecule has 4 rings (SSSR count). The molecule has 0 amide bonds. The first-order valence-electron chi connectivity index (χ1n) is 10.1. The zero-order valence-electron chi connectivity index (χ0n) is 17.3. The largest absolute Gasteiger partial charge is 0.368 e. The minimum atomic E-state index is 0.137. The summed E-state index contributed by atoms with van der Waals surface area (Å²) in [7, 11) is 0. The molecule has 1 aliphatic heterocycles. The second-order valence-corrected chi connectivity index (χ2v) is 8.40. The lowest BCUT2D eigenvalue weighted by Crippen LogP contribution is -2.46. The third-order valence-electron chi connectivity index (χ3n) is 5.28. The maximum Gasteiger partial charge on any atom is 0.249 e. The number of nitrogens with one attached hydrogen (secondary N) is 1. The molecule has 2 aromatic carbocycles. The number of aromatic nitrogens is 3. The van der Waals surface area contributed by atoms with E-state index in [2.05, 4.69) is 106 Å². The Kier molecular flexibility index (Phi) is 5.34. The monoisotopic (exact) mass is 388 g/mol. The Morgan fingerprint density at radius 2 is 1.48 bits per heavy atom. The van der Waals surface area contributed by atoms with Gasteiger partial charge in [0.25, 0.3) is 0 Å². The van der Waals surface area contributed by atoms with Gasteiger partial charge < -0.3 is 15.1 Å². The van der Waals surface area contributed by atoms with Gasteiger partial charge in [0.2, 0.25) is 5.95 Å². The molecule has 0 aliphatic carbocycles. The maximum absolute atomic E-state index is 4.68. The number of nitrogens with zero attached hydrogens (tertiary/aromatic N) is 5. The van der Waals surface area contributed by atoms with E-state index in [4.69, 9.17) is 0 Å². The van der Waals surface area contributed by atoms with Gasteiger partial charge >= 0.3 is 0 Å². The van der Waals surface area contributed by atoms with Crippen molar-refractivity contribution in [1.29, 1.82) is 0 Å². The average Bonchev–Trinajstić information content (AvgIpc) is 2.74. The molecule has 3 aromatic rings. The van der Waals surface area contributed by atoms with Gasteiger partial charge in [-0.3, -0.25) is 0 Å². The van der Waals surface area contributed by atoms with Crippen LogP contribution in [0.25, 0.3) is 0 Å². The molecular weight excluding hydrogens is 360 g/mol. The molecule has 6 heteroatoms. The number of rotatable bonds is 4. The van der Waals surface area contributed by atoms with Crippen LogP contribution in [0.15, 0.2) is 60.8 Å². The minimum Gasteiger partial charge on any atom is -0.368 e. The Hall–Kier alpha value is -3.15. The molecule has 0 saturated carbocycles. The van der Waals surface area contributed by atoms with E-state index in [1.807, 2.05) is 0 Å². The average molecular weight is 389 g/mol. The molecule has 1 aliphatic rings. The van der Waals surface area contributed by atoms with Crippen LogP contribution in [0.1, 0.15) is 26.3 Å². The molecule has 0 atom stereocenters. The van der Waals surface area contributed by atoms with E-state index >= 15 is 0 Å². The molecule has 1 saturated heterocycles. The molecule has 2 heterocycles. The van der Waals surface area contributed by atoms with Gasteiger partial charge in [0.1, 0.15) is 0 Å². The van der Waals surface area contributed by atoms with E-state index < -0.39 is 0 Å². The van der Waals surface area contributed by atoms with Crippen LogP contribution in [-0.4, -0.2) is 41.4 Å². The first-order chi connectivity index (χ1) is 14.0. The molecule has 1 N–H and O–H groups in total. The number of anilines is 4. The highest BCUT2D eigenvalue weighted by molar-refractivity contribution is 5.56. The summed E-state index contributed by atoms with van der Waals surface area (Å²) >= 11 is 0. The Bertz CT molecular complexity index is 926. The highest BCUT2D eigenvalue weighted by atomic mass is 15.3. The molecule has 0 unspecified atom stereocenters. The molecule has 29 heavy (non-hydrogen) atoms. The van der Waals surface area contributed by atoms with Crippen molar-refractivity contribution in [3.63, 3.8) is 0 Å². The van der Waals surface area contributed by atoms with Crippen molar-refractivity contribution < 1.29 is 0 Å². The number of piperazine rings is 1. The molecule has 1 fully saturated rings. The molecule has 1 aromatic heterocycles. The van der Waals surface area contributed by atoms with Crippen LogP contribution in [-0.2, 0) is 5.41 Å². The van der Waals surface area contributed by atoms with E-state index in [0.29, 0.717) is 5.95 Å². The fourth-order valence-electron chi connectivity index (χ4n) is 3.52. The van der Waals surface area contributed by atoms with Crippen LogP contribution in [0, 0.1) is 0 Å². The highest BCUT2D eigenvalue weighted by Gasteiger charge is 2.19. The standard InChI is InChI=1S/C23H28N6/c1-23(2,3)18-9-11-19(12-10-18)25-22-26-21(17-24-27-22)29-15-13-28(14-16-29)20-7-5-4-6-8-20/h4-12,17H,13-16H2,1-3H3,(H,25,26,27). The topological polar surface area (TPSA) is 57.2 Å². The van der Waals surface area contributed by atoms with Crippen LogP contribution in [0.4, 0.5) is 23.1 Å². The van der Waals surface area contributed by atoms with E-state index in [-0.39, 0.29) is 5.41 Å². The van der Waals surface area contributed by atoms with Crippen LogP contribution >= 0.6 is 0 Å². The summed E-state index contributed by atoms with van der Waals surface area (Å²) in [6.45, 7) is 10.4. The number of para-hydroxylation sites is 1. The summed E-state index contributed by atoms with van der Waals surface area (Å²) in [5.41, 5.74) is 3.67. The first kappa shape index (κ1) is 19.2. The van der Waals surface area contributed by atoms with Gasteiger partial charge in [0.15, 0.2) is 5.82 Å². The Morgan fingerprint density at radius 3 is 2.14 bits per heavy atom. The molecule has 0 radical (unpaired) electrons.